The van der Waals surface area contributed by atoms with Gasteiger partial charge in [-0.15, -0.1) is 0 Å². The van der Waals surface area contributed by atoms with E-state index < -0.39 is 70.4 Å². The van der Waals surface area contributed by atoms with Gasteiger partial charge < -0.3 is 19.5 Å². The van der Waals surface area contributed by atoms with Crippen molar-refractivity contribution in [3.05, 3.63) is 213 Å². The van der Waals surface area contributed by atoms with Crippen molar-refractivity contribution in [3.8, 4) is 33.8 Å². The van der Waals surface area contributed by atoms with Gasteiger partial charge in [0.2, 0.25) is 17.1 Å². The summed E-state index contributed by atoms with van der Waals surface area (Å²) in [5, 5.41) is 3.06. The number of esters is 3. The maximum absolute atomic E-state index is 14.9. The summed E-state index contributed by atoms with van der Waals surface area (Å²) in [5.74, 6) is -10.3. The Kier molecular flexibility index (Phi) is 10.4. The predicted octanol–water partition coefficient (Wildman–Crippen LogP) is 4.66. The second kappa shape index (κ2) is 16.6. The number of pyridine rings is 3. The number of hydrogen-bond acceptors (Lipinski definition) is 7. The number of halogens is 6. The average Bonchev–Trinajstić information content (AvgIpc) is 4.43. The van der Waals surface area contributed by atoms with Crippen molar-refractivity contribution in [1.29, 1.82) is 0 Å². The van der Waals surface area contributed by atoms with Crippen LogP contribution in [-0.4, -0.2) is 39.0 Å². The fourth-order valence-corrected chi connectivity index (χ4v) is 12.1. The Balaban J connectivity index is 0.000000112. The minimum absolute atomic E-state index is 0.228. The van der Waals surface area contributed by atoms with Gasteiger partial charge >= 0.3 is 52.5 Å². The number of aromatic nitrogens is 9. The Morgan fingerprint density at radius 3 is 1.25 bits per heavy atom. The highest BCUT2D eigenvalue weighted by molar-refractivity contribution is 5.89. The second-order valence-corrected chi connectivity index (χ2v) is 20.2. The summed E-state index contributed by atoms with van der Waals surface area (Å²) >= 11 is 0. The summed E-state index contributed by atoms with van der Waals surface area (Å²) in [4.78, 5) is 37.8. The van der Waals surface area contributed by atoms with Crippen molar-refractivity contribution in [2.24, 2.45) is 21.1 Å². The van der Waals surface area contributed by atoms with E-state index in [0.717, 1.165) is 46.4 Å². The van der Waals surface area contributed by atoms with Gasteiger partial charge in [0.15, 0.2) is 35.3 Å². The summed E-state index contributed by atoms with van der Waals surface area (Å²) < 4.78 is 119. The third-order valence-electron chi connectivity index (χ3n) is 15.7. The van der Waals surface area contributed by atoms with Crippen LogP contribution in [0.1, 0.15) is 76.4 Å². The predicted molar refractivity (Wildman–Crippen MR) is 258 cm³/mol. The van der Waals surface area contributed by atoms with Crippen LogP contribution >= 0.6 is 0 Å². The zero-order valence-corrected chi connectivity index (χ0v) is 43.4. The summed E-state index contributed by atoms with van der Waals surface area (Å²) in [6.07, 6.45) is 5.18. The van der Waals surface area contributed by atoms with Crippen LogP contribution in [0.3, 0.4) is 0 Å². The van der Waals surface area contributed by atoms with Gasteiger partial charge in [0.25, 0.3) is 0 Å². The van der Waals surface area contributed by atoms with Gasteiger partial charge in [0.05, 0.1) is 38.2 Å². The van der Waals surface area contributed by atoms with Gasteiger partial charge in [-0.2, -0.15) is 14.0 Å². The summed E-state index contributed by atoms with van der Waals surface area (Å²) in [6, 6.07) is 23.9. The first kappa shape index (κ1) is 49.3. The molecule has 3 unspecified atom stereocenters. The topological polar surface area (TPSA) is 129 Å². The maximum atomic E-state index is 14.9. The molecule has 6 aromatic heterocycles. The number of benzene rings is 3. The molecule has 0 radical (unpaired) electrons. The molecule has 0 saturated carbocycles. The SMILES string of the molecule is CNCc1cc[n+]2c(c1)-c1c(F)cc(F)cc1C21OC(=O)c2cc(C)n(C)[n+]21.Cc1cc2[n+](n1C)C1(OC2=O)c2cc(F)cc(F)c2-c2cccc[n+]21.Cc1cc[n+]2c(c1)-c1c(F)cc(F)cc1C21OC(=O)c2cc(C)n(C)[n+]21. The van der Waals surface area contributed by atoms with Crippen molar-refractivity contribution in [3.63, 3.8) is 0 Å². The van der Waals surface area contributed by atoms with Gasteiger partial charge in [-0.05, 0) is 70.1 Å². The highest BCUT2D eigenvalue weighted by Crippen LogP contribution is 2.45. The lowest BCUT2D eigenvalue weighted by molar-refractivity contribution is -1.03. The molecule has 15 rings (SSSR count). The monoisotopic (exact) mass is 1080 g/mol. The van der Waals surface area contributed by atoms with Gasteiger partial charge in [-0.25, -0.2) is 40.7 Å². The minimum Gasteiger partial charge on any atom is -0.329 e. The van der Waals surface area contributed by atoms with Gasteiger partial charge in [-0.3, -0.25) is 0 Å². The molecule has 3 aromatic carbocycles. The van der Waals surface area contributed by atoms with E-state index in [-0.39, 0.29) is 33.4 Å². The number of fused-ring (bicyclic) bond motifs is 21. The first-order chi connectivity index (χ1) is 37.7. The largest absolute Gasteiger partial charge is 0.579 e. The molecule has 0 amide bonds. The fraction of sp³-hybridized carbons (Fsp3) is 0.211. The molecule has 0 saturated heterocycles. The molecule has 0 aliphatic carbocycles. The Hall–Kier alpha value is -9.31. The normalized spacial score (nSPS) is 19.4. The highest BCUT2D eigenvalue weighted by atomic mass is 19.2. The van der Waals surface area contributed by atoms with Crippen molar-refractivity contribution in [2.45, 2.75) is 51.8 Å². The van der Waals surface area contributed by atoms with Crippen LogP contribution in [-0.2, 0) is 59.4 Å². The van der Waals surface area contributed by atoms with Crippen LogP contribution in [0.25, 0.3) is 33.8 Å². The maximum Gasteiger partial charge on any atom is 0.579 e. The summed E-state index contributed by atoms with van der Waals surface area (Å²) in [7, 11) is 7.16. The van der Waals surface area contributed by atoms with E-state index in [1.165, 1.54) is 18.2 Å². The lowest BCUT2D eigenvalue weighted by Gasteiger charge is -2.13. The van der Waals surface area contributed by atoms with Crippen LogP contribution < -0.4 is 33.1 Å². The van der Waals surface area contributed by atoms with E-state index in [1.54, 1.807) is 124 Å². The molecule has 3 atom stereocenters. The number of nitrogens with one attached hydrogen (secondary N) is 1. The van der Waals surface area contributed by atoms with Crippen LogP contribution in [0.5, 0.6) is 0 Å². The molecule has 1 N–H and O–H groups in total. The molecule has 396 valence electrons. The van der Waals surface area contributed by atoms with E-state index in [2.05, 4.69) is 5.32 Å². The molecule has 79 heavy (non-hydrogen) atoms. The Labute approximate surface area is 444 Å². The molecule has 6 aliphatic heterocycles. The summed E-state index contributed by atoms with van der Waals surface area (Å²) in [5.41, 5.74) is 8.37. The Morgan fingerprint density at radius 2 is 0.835 bits per heavy atom. The zero-order chi connectivity index (χ0) is 55.7. The van der Waals surface area contributed by atoms with Crippen LogP contribution in [0.15, 0.2) is 116 Å². The number of carbonyl (C=O) groups is 3. The van der Waals surface area contributed by atoms with Crippen LogP contribution in [0.4, 0.5) is 26.3 Å². The van der Waals surface area contributed by atoms with Gasteiger partial charge in [-0.1, -0.05) is 13.7 Å². The number of carbonyl (C=O) groups excluding carboxylic acids is 3. The molecular weight excluding hydrogens is 1030 g/mol. The van der Waals surface area contributed by atoms with E-state index >= 15 is 0 Å². The number of aryl methyl sites for hydroxylation is 4. The molecule has 0 fully saturated rings. The molecule has 3 spiro atoms. The zero-order valence-electron chi connectivity index (χ0n) is 43.4. The van der Waals surface area contributed by atoms with E-state index in [0.29, 0.717) is 40.7 Å². The third kappa shape index (κ3) is 6.33. The molecule has 16 nitrogen and oxygen atoms in total. The lowest BCUT2D eigenvalue weighted by Crippen LogP contribution is -2.74. The van der Waals surface area contributed by atoms with Crippen molar-refractivity contribution >= 4 is 17.9 Å². The number of hydrogen-bond donors (Lipinski definition) is 1. The first-order valence-corrected chi connectivity index (χ1v) is 24.9. The molecule has 22 heteroatoms. The average molecular weight is 1080 g/mol. The van der Waals surface area contributed by atoms with Crippen molar-refractivity contribution in [1.82, 2.24) is 19.4 Å². The number of ether oxygens (including phenoxy) is 3. The van der Waals surface area contributed by atoms with Crippen molar-refractivity contribution in [2.75, 3.05) is 7.05 Å². The molecule has 0 bridgehead atoms. The van der Waals surface area contributed by atoms with Crippen LogP contribution in [0, 0.1) is 62.6 Å². The first-order valence-electron chi connectivity index (χ1n) is 24.9. The lowest BCUT2D eigenvalue weighted by atomic mass is 10.0. The molecule has 9 aromatic rings. The smallest absolute Gasteiger partial charge is 0.329 e. The van der Waals surface area contributed by atoms with Gasteiger partial charge in [0.1, 0.15) is 51.6 Å². The fourth-order valence-electron chi connectivity index (χ4n) is 12.1. The third-order valence-corrected chi connectivity index (χ3v) is 15.7. The quantitative estimate of drug-likeness (QED) is 0.116. The Morgan fingerprint density at radius 1 is 0.456 bits per heavy atom. The number of nitrogens with zero attached hydrogens (tertiary/aromatic N) is 9. The van der Waals surface area contributed by atoms with E-state index in [1.807, 2.05) is 52.9 Å². The summed E-state index contributed by atoms with van der Waals surface area (Å²) in [6.45, 7) is 8.04. The highest BCUT2D eigenvalue weighted by Gasteiger charge is 2.76. The standard InChI is InChI=1S/C20H18F2N4O2.C19H15F2N3O2.C18H13F2N3O2/c1-11-6-17-19(27)28-20(26(17)24(11)3)14-8-13(21)9-15(22)18(14)16-7-12(10-23-2)4-5-25(16)20;1-10-4-5-23-15(6-10)17-13(8-12(20)9-14(17)21)19(23)24-16(18(25)26-19)7-11(2)22(24)3;1-10-7-15-17(24)25-18(23(15)21(10)2)12-8-11(19)9-13(20)16(12)14-5-3-4-6-22(14)18/h4-9,23H,10H2,1-3H3;4-9H,1-3H3;3-9H,1-2H3/q3*+2. The van der Waals surface area contributed by atoms with E-state index in [9.17, 15) is 40.7 Å². The molecule has 6 aliphatic rings. The van der Waals surface area contributed by atoms with Gasteiger partial charge in [0, 0.05) is 93.4 Å². The van der Waals surface area contributed by atoms with Crippen LogP contribution in [0.2, 0.25) is 0 Å². The Bertz CT molecular complexity index is 4300. The molecule has 12 heterocycles. The van der Waals surface area contributed by atoms with E-state index in [4.69, 9.17) is 14.2 Å². The number of rotatable bonds is 2. The van der Waals surface area contributed by atoms with Crippen molar-refractivity contribution < 1.29 is 82.7 Å². The second-order valence-electron chi connectivity index (χ2n) is 20.2. The minimum atomic E-state index is -1.51. The molecular formula is C57H46F6N10O6+6.